The Labute approximate surface area is 139 Å². The van der Waals surface area contributed by atoms with Gasteiger partial charge in [0.25, 0.3) is 0 Å². The van der Waals surface area contributed by atoms with Crippen molar-refractivity contribution < 1.29 is 19.8 Å². The number of carboxylic acid groups (broad SMARTS) is 2. The molecule has 0 fully saturated rings. The van der Waals surface area contributed by atoms with Crippen molar-refractivity contribution in [2.24, 2.45) is 5.41 Å². The average molecular weight is 405 g/mol. The van der Waals surface area contributed by atoms with E-state index in [2.05, 4.69) is 41.5 Å². The molecule has 0 N–H and O–H groups in total. The molecular weight excluding hydrogens is 375 g/mol. The van der Waals surface area contributed by atoms with E-state index >= 15 is 0 Å². The Morgan fingerprint density at radius 3 is 1.43 bits per heavy atom. The Hall–Kier alpha value is -0.261. The first-order valence-electron chi connectivity index (χ1n) is 7.27. The SMILES string of the molecule is CC(C)(CCCC(=O)[O-])C(=O)[O-].C[C](C)(C)[Sn+2][C](C)(C)C. The minimum absolute atomic E-state index is 0.100. The van der Waals surface area contributed by atoms with Crippen LogP contribution in [-0.4, -0.2) is 33.1 Å². The minimum atomic E-state index is -1.15. The Bertz CT molecular complexity index is 323. The van der Waals surface area contributed by atoms with E-state index in [1.807, 2.05) is 0 Å². The number of rotatable bonds is 5. The number of carbonyl (C=O) groups excluding carboxylic acids is 2. The quantitative estimate of drug-likeness (QED) is 0.654. The van der Waals surface area contributed by atoms with E-state index < -0.39 is 17.4 Å². The predicted octanol–water partition coefficient (Wildman–Crippen LogP) is 1.81. The van der Waals surface area contributed by atoms with Crippen molar-refractivity contribution in [2.45, 2.75) is 81.5 Å². The summed E-state index contributed by atoms with van der Waals surface area (Å²) in [5.74, 6) is -2.30. The van der Waals surface area contributed by atoms with Crippen molar-refractivity contribution in [1.82, 2.24) is 0 Å². The Balaban J connectivity index is 0. The zero-order valence-corrected chi connectivity index (χ0v) is 17.6. The standard InChI is InChI=1S/C8H14O4.2C4H9.Sn/c1-8(2,7(11)12)5-3-4-6(9)10;2*1-4(2)3;/h3-5H2,1-2H3,(H,9,10)(H,11,12);2*1-3H3;/q;;;+2/p-2. The number of carboxylic acids is 2. The normalized spacial score (nSPS) is 12.0. The summed E-state index contributed by atoms with van der Waals surface area (Å²) in [4.78, 5) is 20.4. The second-order valence-electron chi connectivity index (χ2n) is 8.02. The maximum absolute atomic E-state index is 10.4. The Kier molecular flexibility index (Phi) is 9.87. The summed E-state index contributed by atoms with van der Waals surface area (Å²) in [6, 6.07) is 0. The van der Waals surface area contributed by atoms with Crippen LogP contribution in [-0.2, 0) is 9.59 Å². The molecule has 0 aliphatic heterocycles. The molecule has 0 spiro atoms. The fourth-order valence-electron chi connectivity index (χ4n) is 1.90. The van der Waals surface area contributed by atoms with E-state index in [1.54, 1.807) is 0 Å². The third-order valence-corrected chi connectivity index (χ3v) is 6.77. The molecule has 0 unspecified atom stereocenters. The second kappa shape index (κ2) is 9.01. The number of carbonyl (C=O) groups is 2. The number of hydrogen-bond donors (Lipinski definition) is 0. The van der Waals surface area contributed by atoms with E-state index in [0.717, 1.165) is 0 Å². The van der Waals surface area contributed by atoms with Gasteiger partial charge >= 0.3 is 69.5 Å². The molecule has 0 rings (SSSR count). The summed E-state index contributed by atoms with van der Waals surface area (Å²) in [5, 5.41) is 20.4. The van der Waals surface area contributed by atoms with Gasteiger partial charge in [0, 0.05) is 17.4 Å². The second-order valence-corrected chi connectivity index (χ2v) is 17.3. The summed E-state index contributed by atoms with van der Waals surface area (Å²) in [5.41, 5.74) is -0.949. The van der Waals surface area contributed by atoms with Crippen LogP contribution in [0.4, 0.5) is 0 Å². The van der Waals surface area contributed by atoms with Crippen molar-refractivity contribution in [2.75, 3.05) is 0 Å². The van der Waals surface area contributed by atoms with Crippen LogP contribution in [0, 0.1) is 5.41 Å². The molecule has 0 atom stereocenters. The molecular formula is C16H30O4Sn. The molecule has 0 heterocycles. The van der Waals surface area contributed by atoms with Crippen molar-refractivity contribution in [1.29, 1.82) is 0 Å². The van der Waals surface area contributed by atoms with Gasteiger partial charge in [-0.3, -0.25) is 0 Å². The molecule has 0 bridgehead atoms. The molecule has 21 heavy (non-hydrogen) atoms. The van der Waals surface area contributed by atoms with E-state index in [0.29, 0.717) is 19.7 Å². The summed E-state index contributed by atoms with van der Waals surface area (Å²) in [6.45, 7) is 17.2. The summed E-state index contributed by atoms with van der Waals surface area (Å²) in [6.07, 6.45) is 0.503. The molecule has 0 aliphatic rings. The third kappa shape index (κ3) is 17.7. The zero-order valence-electron chi connectivity index (χ0n) is 14.8. The van der Waals surface area contributed by atoms with Crippen molar-refractivity contribution in [3.8, 4) is 0 Å². The van der Waals surface area contributed by atoms with Gasteiger partial charge in [0.2, 0.25) is 0 Å². The van der Waals surface area contributed by atoms with Gasteiger partial charge in [-0.2, -0.15) is 0 Å². The summed E-state index contributed by atoms with van der Waals surface area (Å²) >= 11 is -0.182. The Morgan fingerprint density at radius 1 is 0.857 bits per heavy atom. The first-order chi connectivity index (χ1) is 9.07. The predicted molar refractivity (Wildman–Crippen MR) is 82.8 cm³/mol. The Morgan fingerprint density at radius 2 is 1.24 bits per heavy atom. The van der Waals surface area contributed by atoms with Gasteiger partial charge in [-0.1, -0.05) is 13.8 Å². The molecule has 5 heteroatoms. The summed E-state index contributed by atoms with van der Waals surface area (Å²) < 4.78 is 1.31. The topological polar surface area (TPSA) is 80.3 Å². The van der Waals surface area contributed by atoms with E-state index in [9.17, 15) is 19.8 Å². The first kappa shape index (κ1) is 23.0. The molecule has 0 aromatic carbocycles. The molecule has 0 aliphatic carbocycles. The van der Waals surface area contributed by atoms with Gasteiger partial charge in [0.1, 0.15) is 0 Å². The zero-order chi connectivity index (χ0) is 17.5. The molecule has 4 nitrogen and oxygen atoms in total. The monoisotopic (exact) mass is 406 g/mol. The van der Waals surface area contributed by atoms with Crippen LogP contribution >= 0.6 is 0 Å². The van der Waals surface area contributed by atoms with Crippen LogP contribution in [0.5, 0.6) is 0 Å². The first-order valence-corrected chi connectivity index (χ1v) is 10.1. The van der Waals surface area contributed by atoms with Crippen LogP contribution in [0.15, 0.2) is 0 Å². The number of hydrogen-bond acceptors (Lipinski definition) is 4. The van der Waals surface area contributed by atoms with Crippen LogP contribution in [0.25, 0.3) is 0 Å². The van der Waals surface area contributed by atoms with E-state index in [1.165, 1.54) is 13.8 Å². The summed E-state index contributed by atoms with van der Waals surface area (Å²) in [7, 11) is 0. The molecule has 0 amide bonds. The van der Waals surface area contributed by atoms with E-state index in [4.69, 9.17) is 0 Å². The maximum atomic E-state index is 10.4. The van der Waals surface area contributed by atoms with Crippen LogP contribution in [0.3, 0.4) is 0 Å². The van der Waals surface area contributed by atoms with Gasteiger partial charge < -0.3 is 19.8 Å². The van der Waals surface area contributed by atoms with E-state index in [-0.39, 0.29) is 27.6 Å². The molecule has 0 aromatic rings. The molecule has 0 saturated heterocycles. The van der Waals surface area contributed by atoms with Crippen LogP contribution < -0.4 is 10.2 Å². The fraction of sp³-hybridized carbons (Fsp3) is 0.875. The average Bonchev–Trinajstić information content (AvgIpc) is 2.10. The third-order valence-electron chi connectivity index (χ3n) is 2.49. The van der Waals surface area contributed by atoms with Gasteiger partial charge in [-0.25, -0.2) is 0 Å². The molecule has 0 radical (unpaired) electrons. The number of aliphatic carboxylic acids is 2. The van der Waals surface area contributed by atoms with Crippen LogP contribution in [0.1, 0.15) is 74.7 Å². The van der Waals surface area contributed by atoms with Crippen LogP contribution in [0.2, 0.25) is 6.86 Å². The van der Waals surface area contributed by atoms with Gasteiger partial charge in [0.05, 0.1) is 0 Å². The fourth-order valence-corrected chi connectivity index (χ4v) is 8.32. The van der Waals surface area contributed by atoms with Crippen molar-refractivity contribution >= 4 is 33.1 Å². The van der Waals surface area contributed by atoms with Gasteiger partial charge in [-0.15, -0.1) is 0 Å². The van der Waals surface area contributed by atoms with Crippen molar-refractivity contribution in [3.05, 3.63) is 0 Å². The van der Waals surface area contributed by atoms with Gasteiger partial charge in [-0.05, 0) is 19.3 Å². The van der Waals surface area contributed by atoms with Gasteiger partial charge in [0.15, 0.2) is 0 Å². The molecule has 122 valence electrons. The van der Waals surface area contributed by atoms with Crippen molar-refractivity contribution in [3.63, 3.8) is 0 Å². The molecule has 0 aromatic heterocycles. The molecule has 0 saturated carbocycles.